The van der Waals surface area contributed by atoms with Gasteiger partial charge in [-0.3, -0.25) is 4.79 Å². The van der Waals surface area contributed by atoms with Gasteiger partial charge in [0.05, 0.1) is 4.88 Å². The summed E-state index contributed by atoms with van der Waals surface area (Å²) in [6.45, 7) is 2.56. The molecule has 0 spiro atoms. The van der Waals surface area contributed by atoms with Gasteiger partial charge >= 0.3 is 5.97 Å². The van der Waals surface area contributed by atoms with Crippen LogP contribution in [0.2, 0.25) is 0 Å². The van der Waals surface area contributed by atoms with E-state index in [1.165, 1.54) is 16.2 Å². The molecular weight excluding hydrogens is 250 g/mol. The molecule has 0 aromatic carbocycles. The maximum atomic E-state index is 12.4. The quantitative estimate of drug-likeness (QED) is 0.914. The van der Waals surface area contributed by atoms with Gasteiger partial charge in [0.2, 0.25) is 0 Å². The van der Waals surface area contributed by atoms with Crippen LogP contribution in [0.3, 0.4) is 0 Å². The standard InChI is InChI=1S/C13H17NO3S/c1-2-9-6-8-18-11(9)12(15)14-7-4-3-5-10(14)13(16)17/h6,8,10H,2-5,7H2,1H3,(H,16,17). The van der Waals surface area contributed by atoms with Crippen molar-refractivity contribution in [2.24, 2.45) is 0 Å². The molecule has 1 aliphatic rings. The molecule has 1 saturated heterocycles. The van der Waals surface area contributed by atoms with E-state index in [0.29, 0.717) is 17.8 Å². The molecule has 0 radical (unpaired) electrons. The molecule has 2 heterocycles. The van der Waals surface area contributed by atoms with Crippen LogP contribution in [0.25, 0.3) is 0 Å². The van der Waals surface area contributed by atoms with Crippen LogP contribution in [-0.4, -0.2) is 34.5 Å². The third-order valence-corrected chi connectivity index (χ3v) is 4.32. The molecule has 0 saturated carbocycles. The number of nitrogens with zero attached hydrogens (tertiary/aromatic N) is 1. The van der Waals surface area contributed by atoms with E-state index in [9.17, 15) is 14.7 Å². The number of likely N-dealkylation sites (tertiary alicyclic amines) is 1. The number of carbonyl (C=O) groups excluding carboxylic acids is 1. The van der Waals surface area contributed by atoms with Gasteiger partial charge in [-0.2, -0.15) is 0 Å². The molecule has 98 valence electrons. The van der Waals surface area contributed by atoms with Gasteiger partial charge in [0.1, 0.15) is 6.04 Å². The molecule has 5 heteroatoms. The van der Waals surface area contributed by atoms with E-state index in [1.54, 1.807) is 0 Å². The van der Waals surface area contributed by atoms with Gasteiger partial charge in [-0.1, -0.05) is 6.92 Å². The Labute approximate surface area is 110 Å². The average molecular weight is 267 g/mol. The van der Waals surface area contributed by atoms with Crippen molar-refractivity contribution in [3.63, 3.8) is 0 Å². The second kappa shape index (κ2) is 5.52. The number of thiophene rings is 1. The number of hydrogen-bond acceptors (Lipinski definition) is 3. The molecule has 18 heavy (non-hydrogen) atoms. The van der Waals surface area contributed by atoms with Crippen molar-refractivity contribution in [1.29, 1.82) is 0 Å². The summed E-state index contributed by atoms with van der Waals surface area (Å²) in [5.41, 5.74) is 1.01. The number of hydrogen-bond donors (Lipinski definition) is 1. The lowest BCUT2D eigenvalue weighted by atomic mass is 10.0. The van der Waals surface area contributed by atoms with E-state index in [2.05, 4.69) is 0 Å². The van der Waals surface area contributed by atoms with Crippen molar-refractivity contribution >= 4 is 23.2 Å². The minimum Gasteiger partial charge on any atom is -0.480 e. The van der Waals surface area contributed by atoms with E-state index in [0.717, 1.165) is 24.8 Å². The maximum absolute atomic E-state index is 12.4. The zero-order valence-electron chi connectivity index (χ0n) is 10.4. The topological polar surface area (TPSA) is 57.6 Å². The molecular formula is C13H17NO3S. The van der Waals surface area contributed by atoms with Gasteiger partial charge in [0.25, 0.3) is 5.91 Å². The van der Waals surface area contributed by atoms with E-state index in [1.807, 2.05) is 18.4 Å². The fourth-order valence-corrected chi connectivity index (χ4v) is 3.31. The normalized spacial score (nSPS) is 19.8. The molecule has 1 amide bonds. The first kappa shape index (κ1) is 13.1. The first-order valence-corrected chi connectivity index (χ1v) is 7.13. The number of aliphatic carboxylic acids is 1. The van der Waals surface area contributed by atoms with Crippen LogP contribution in [0, 0.1) is 0 Å². The van der Waals surface area contributed by atoms with E-state index in [4.69, 9.17) is 0 Å². The summed E-state index contributed by atoms with van der Waals surface area (Å²) in [7, 11) is 0. The molecule has 0 bridgehead atoms. The Morgan fingerprint density at radius 1 is 1.50 bits per heavy atom. The first-order chi connectivity index (χ1) is 8.65. The largest absolute Gasteiger partial charge is 0.480 e. The van der Waals surface area contributed by atoms with Gasteiger partial charge in [0.15, 0.2) is 0 Å². The fourth-order valence-electron chi connectivity index (χ4n) is 2.36. The molecule has 1 aliphatic heterocycles. The molecule has 2 rings (SSSR count). The predicted octanol–water partition coefficient (Wildman–Crippen LogP) is 2.39. The SMILES string of the molecule is CCc1ccsc1C(=O)N1CCCCC1C(=O)O. The maximum Gasteiger partial charge on any atom is 0.326 e. The lowest BCUT2D eigenvalue weighted by molar-refractivity contribution is -0.143. The van der Waals surface area contributed by atoms with Gasteiger partial charge in [-0.15, -0.1) is 11.3 Å². The minimum absolute atomic E-state index is 0.117. The summed E-state index contributed by atoms with van der Waals surface area (Å²) in [6, 6.07) is 1.29. The molecule has 0 aliphatic carbocycles. The lowest BCUT2D eigenvalue weighted by Gasteiger charge is -2.32. The van der Waals surface area contributed by atoms with Crippen molar-refractivity contribution < 1.29 is 14.7 Å². The van der Waals surface area contributed by atoms with Gasteiger partial charge < -0.3 is 10.0 Å². The number of rotatable bonds is 3. The molecule has 4 nitrogen and oxygen atoms in total. The lowest BCUT2D eigenvalue weighted by Crippen LogP contribution is -2.47. The molecule has 1 aromatic heterocycles. The van der Waals surface area contributed by atoms with E-state index in [-0.39, 0.29) is 5.91 Å². The second-order valence-corrected chi connectivity index (χ2v) is 5.39. The Hall–Kier alpha value is -1.36. The summed E-state index contributed by atoms with van der Waals surface area (Å²) in [5, 5.41) is 11.1. The van der Waals surface area contributed by atoms with Crippen molar-refractivity contribution in [1.82, 2.24) is 4.90 Å². The highest BCUT2D eigenvalue weighted by molar-refractivity contribution is 7.12. The molecule has 1 fully saturated rings. The molecule has 1 aromatic rings. The Kier molecular flexibility index (Phi) is 4.01. The number of carboxylic acids is 1. The van der Waals surface area contributed by atoms with Crippen LogP contribution in [-0.2, 0) is 11.2 Å². The van der Waals surface area contributed by atoms with Crippen molar-refractivity contribution in [2.75, 3.05) is 6.54 Å². The van der Waals surface area contributed by atoms with E-state index >= 15 is 0 Å². The minimum atomic E-state index is -0.891. The summed E-state index contributed by atoms with van der Waals surface area (Å²) < 4.78 is 0. The zero-order valence-corrected chi connectivity index (χ0v) is 11.2. The number of piperidine rings is 1. The summed E-state index contributed by atoms with van der Waals surface area (Å²) in [6.07, 6.45) is 3.14. The highest BCUT2D eigenvalue weighted by atomic mass is 32.1. The third-order valence-electron chi connectivity index (χ3n) is 3.37. The van der Waals surface area contributed by atoms with Crippen LogP contribution in [0.1, 0.15) is 41.4 Å². The zero-order chi connectivity index (χ0) is 13.1. The first-order valence-electron chi connectivity index (χ1n) is 6.25. The molecule has 1 unspecified atom stereocenters. The summed E-state index contributed by atoms with van der Waals surface area (Å²) in [5.74, 6) is -1.01. The summed E-state index contributed by atoms with van der Waals surface area (Å²) >= 11 is 1.41. The third kappa shape index (κ3) is 2.41. The number of amides is 1. The van der Waals surface area contributed by atoms with Crippen LogP contribution in [0.15, 0.2) is 11.4 Å². The van der Waals surface area contributed by atoms with Crippen LogP contribution >= 0.6 is 11.3 Å². The second-order valence-electron chi connectivity index (χ2n) is 4.48. The van der Waals surface area contributed by atoms with Crippen molar-refractivity contribution in [3.05, 3.63) is 21.9 Å². The van der Waals surface area contributed by atoms with E-state index < -0.39 is 12.0 Å². The predicted molar refractivity (Wildman–Crippen MR) is 70.0 cm³/mol. The van der Waals surface area contributed by atoms with Crippen molar-refractivity contribution in [2.45, 2.75) is 38.6 Å². The fraction of sp³-hybridized carbons (Fsp3) is 0.538. The molecule has 1 N–H and O–H groups in total. The monoisotopic (exact) mass is 267 g/mol. The van der Waals surface area contributed by atoms with Gasteiger partial charge in [-0.05, 0) is 42.7 Å². The van der Waals surface area contributed by atoms with Crippen molar-refractivity contribution in [3.8, 4) is 0 Å². The Morgan fingerprint density at radius 2 is 2.28 bits per heavy atom. The number of carbonyl (C=O) groups is 2. The Morgan fingerprint density at radius 3 is 2.94 bits per heavy atom. The average Bonchev–Trinajstić information content (AvgIpc) is 2.86. The number of aryl methyl sites for hydroxylation is 1. The molecule has 1 atom stereocenters. The van der Waals surface area contributed by atoms with Gasteiger partial charge in [-0.25, -0.2) is 4.79 Å². The van der Waals surface area contributed by atoms with Gasteiger partial charge in [0, 0.05) is 6.54 Å². The van der Waals surface area contributed by atoms with Crippen LogP contribution in [0.4, 0.5) is 0 Å². The number of carboxylic acid groups (broad SMARTS) is 1. The summed E-state index contributed by atoms with van der Waals surface area (Å²) in [4.78, 5) is 25.9. The smallest absolute Gasteiger partial charge is 0.326 e. The Bertz CT molecular complexity index is 455. The highest BCUT2D eigenvalue weighted by Gasteiger charge is 2.33. The highest BCUT2D eigenvalue weighted by Crippen LogP contribution is 2.24. The van der Waals surface area contributed by atoms with Crippen LogP contribution in [0.5, 0.6) is 0 Å². The van der Waals surface area contributed by atoms with Crippen LogP contribution < -0.4 is 0 Å². The Balaban J connectivity index is 2.23.